The Morgan fingerprint density at radius 2 is 1.02 bits per heavy atom. The molecule has 0 aliphatic carbocycles. The third-order valence-electron chi connectivity index (χ3n) is 8.87. The van der Waals surface area contributed by atoms with Gasteiger partial charge in [-0.3, -0.25) is 0 Å². The first-order chi connectivity index (χ1) is 22.1. The molecule has 0 aliphatic heterocycles. The summed E-state index contributed by atoms with van der Waals surface area (Å²) in [6.45, 7) is 7.41. The van der Waals surface area contributed by atoms with Crippen LogP contribution in [-0.4, -0.2) is 12.6 Å². The molecule has 0 amide bonds. The largest absolute Gasteiger partial charge is 0.423 e. The number of hydrogen-bond donors (Lipinski definition) is 0. The minimum atomic E-state index is -0.338. The van der Waals surface area contributed by atoms with Crippen molar-refractivity contribution in [2.75, 3.05) is 6.61 Å². The Hall–Kier alpha value is -2.91. The van der Waals surface area contributed by atoms with Gasteiger partial charge >= 0.3 is 5.97 Å². The van der Waals surface area contributed by atoms with Crippen molar-refractivity contribution >= 4 is 5.97 Å². The lowest BCUT2D eigenvalue weighted by molar-refractivity contribution is 0.0627. The van der Waals surface area contributed by atoms with Crippen LogP contribution >= 0.6 is 0 Å². The third-order valence-corrected chi connectivity index (χ3v) is 8.87. The van der Waals surface area contributed by atoms with E-state index >= 15 is 0 Å². The number of rotatable bonds is 24. The van der Waals surface area contributed by atoms with Gasteiger partial charge in [0.05, 0.1) is 11.7 Å². The first kappa shape index (κ1) is 36.6. The molecular weight excluding hydrogens is 552 g/mol. The van der Waals surface area contributed by atoms with E-state index in [0.29, 0.717) is 11.3 Å². The number of hydrogen-bond acceptors (Lipinski definition) is 3. The van der Waals surface area contributed by atoms with E-state index in [9.17, 15) is 4.79 Å². The molecule has 0 spiro atoms. The fourth-order valence-corrected chi connectivity index (χ4v) is 5.93. The van der Waals surface area contributed by atoms with Crippen molar-refractivity contribution in [2.45, 2.75) is 142 Å². The molecular formula is C42H60O3. The molecule has 246 valence electrons. The van der Waals surface area contributed by atoms with Gasteiger partial charge in [0.1, 0.15) is 5.75 Å². The van der Waals surface area contributed by atoms with Gasteiger partial charge in [-0.05, 0) is 66.3 Å². The van der Waals surface area contributed by atoms with Crippen LogP contribution < -0.4 is 4.74 Å². The van der Waals surface area contributed by atoms with Gasteiger partial charge in [-0.25, -0.2) is 4.79 Å². The molecule has 3 aromatic carbocycles. The van der Waals surface area contributed by atoms with Gasteiger partial charge in [0, 0.05) is 6.61 Å². The average Bonchev–Trinajstić information content (AvgIpc) is 3.07. The molecule has 0 bridgehead atoms. The van der Waals surface area contributed by atoms with E-state index in [1.807, 2.05) is 48.5 Å². The molecule has 0 fully saturated rings. The molecule has 3 rings (SSSR count). The molecule has 0 aliphatic rings. The number of aryl methyl sites for hydroxylation is 1. The Balaban J connectivity index is 1.24. The van der Waals surface area contributed by atoms with Gasteiger partial charge in [-0.15, -0.1) is 0 Å². The first-order valence-electron chi connectivity index (χ1n) is 18.2. The van der Waals surface area contributed by atoms with Crippen molar-refractivity contribution in [3.63, 3.8) is 0 Å². The maximum Gasteiger partial charge on any atom is 0.343 e. The van der Waals surface area contributed by atoms with E-state index in [2.05, 4.69) is 45.0 Å². The molecule has 0 heterocycles. The van der Waals surface area contributed by atoms with Crippen molar-refractivity contribution in [1.82, 2.24) is 0 Å². The number of esters is 1. The van der Waals surface area contributed by atoms with Crippen LogP contribution in [0.2, 0.25) is 0 Å². The topological polar surface area (TPSA) is 35.5 Å². The summed E-state index contributed by atoms with van der Waals surface area (Å²) in [7, 11) is 0. The van der Waals surface area contributed by atoms with Crippen LogP contribution in [0.5, 0.6) is 5.75 Å². The average molecular weight is 613 g/mol. The zero-order chi connectivity index (χ0) is 32.0. The van der Waals surface area contributed by atoms with Crippen LogP contribution in [-0.2, 0) is 11.2 Å². The Morgan fingerprint density at radius 3 is 1.51 bits per heavy atom. The second kappa shape index (κ2) is 22.6. The predicted octanol–water partition coefficient (Wildman–Crippen LogP) is 12.9. The van der Waals surface area contributed by atoms with Crippen molar-refractivity contribution in [3.8, 4) is 16.9 Å². The standard InChI is InChI=1S/C42H60O3/c1-4-6-7-8-9-10-11-12-13-14-15-16-17-18-19-20-34-44-35(3)37-24-26-38(27-25-37)39-28-30-40(31-29-39)42(43)45-41-32-22-36(21-5-2)23-33-41/h22-33,35H,4-21,34H2,1-3H3. The van der Waals surface area contributed by atoms with Crippen LogP contribution in [0, 0.1) is 0 Å². The van der Waals surface area contributed by atoms with Gasteiger partial charge in [-0.2, -0.15) is 0 Å². The number of carbonyl (C=O) groups excluding carboxylic acids is 1. The maximum atomic E-state index is 12.6. The van der Waals surface area contributed by atoms with Gasteiger partial charge in [0.2, 0.25) is 0 Å². The van der Waals surface area contributed by atoms with Crippen molar-refractivity contribution in [2.24, 2.45) is 0 Å². The molecule has 3 aromatic rings. The highest BCUT2D eigenvalue weighted by Gasteiger charge is 2.10. The van der Waals surface area contributed by atoms with Crippen molar-refractivity contribution in [3.05, 3.63) is 89.5 Å². The highest BCUT2D eigenvalue weighted by Crippen LogP contribution is 2.25. The summed E-state index contributed by atoms with van der Waals surface area (Å²) < 4.78 is 11.7. The molecule has 0 N–H and O–H groups in total. The van der Waals surface area contributed by atoms with E-state index in [1.54, 1.807) is 0 Å². The zero-order valence-electron chi connectivity index (χ0n) is 28.7. The lowest BCUT2D eigenvalue weighted by atomic mass is 10.0. The summed E-state index contributed by atoms with van der Waals surface area (Å²) in [6.07, 6.45) is 24.4. The van der Waals surface area contributed by atoms with E-state index < -0.39 is 0 Å². The quantitative estimate of drug-likeness (QED) is 0.0573. The molecule has 0 saturated carbocycles. The molecule has 3 nitrogen and oxygen atoms in total. The smallest absolute Gasteiger partial charge is 0.343 e. The van der Waals surface area contributed by atoms with Gasteiger partial charge in [-0.1, -0.05) is 165 Å². The number of benzene rings is 3. The number of carbonyl (C=O) groups is 1. The van der Waals surface area contributed by atoms with E-state index in [4.69, 9.17) is 9.47 Å². The summed E-state index contributed by atoms with van der Waals surface area (Å²) >= 11 is 0. The second-order valence-electron chi connectivity index (χ2n) is 12.8. The van der Waals surface area contributed by atoms with Crippen LogP contribution in [0.4, 0.5) is 0 Å². The third kappa shape index (κ3) is 14.8. The highest BCUT2D eigenvalue weighted by atomic mass is 16.5. The van der Waals surface area contributed by atoms with Crippen LogP contribution in [0.3, 0.4) is 0 Å². The minimum absolute atomic E-state index is 0.0866. The summed E-state index contributed by atoms with van der Waals surface area (Å²) in [5.41, 5.74) is 5.19. The number of unbranched alkanes of at least 4 members (excludes halogenated alkanes) is 15. The van der Waals surface area contributed by atoms with Gasteiger partial charge in [0.25, 0.3) is 0 Å². The Bertz CT molecular complexity index is 1160. The summed E-state index contributed by atoms with van der Waals surface area (Å²) in [5, 5.41) is 0. The predicted molar refractivity (Wildman–Crippen MR) is 191 cm³/mol. The van der Waals surface area contributed by atoms with Crippen molar-refractivity contribution in [1.29, 1.82) is 0 Å². The monoisotopic (exact) mass is 612 g/mol. The molecule has 0 saturated heterocycles. The Morgan fingerprint density at radius 1 is 0.556 bits per heavy atom. The van der Waals surface area contributed by atoms with Gasteiger partial charge < -0.3 is 9.47 Å². The molecule has 1 unspecified atom stereocenters. The number of ether oxygens (including phenoxy) is 2. The fraction of sp³-hybridized carbons (Fsp3) is 0.548. The van der Waals surface area contributed by atoms with E-state index in [-0.39, 0.29) is 12.1 Å². The second-order valence-corrected chi connectivity index (χ2v) is 12.8. The van der Waals surface area contributed by atoms with Gasteiger partial charge in [0.15, 0.2) is 0 Å². The SMILES string of the molecule is CCCCCCCCCCCCCCCCCCOC(C)c1ccc(-c2ccc(C(=O)Oc3ccc(CCC)cc3)cc2)cc1. The van der Waals surface area contributed by atoms with Crippen molar-refractivity contribution < 1.29 is 14.3 Å². The lowest BCUT2D eigenvalue weighted by Gasteiger charge is -2.14. The van der Waals surface area contributed by atoms with E-state index in [1.165, 1.54) is 107 Å². The fourth-order valence-electron chi connectivity index (χ4n) is 5.93. The molecule has 45 heavy (non-hydrogen) atoms. The lowest BCUT2D eigenvalue weighted by Crippen LogP contribution is -2.08. The maximum absolute atomic E-state index is 12.6. The summed E-state index contributed by atoms with van der Waals surface area (Å²) in [4.78, 5) is 12.6. The molecule has 0 radical (unpaired) electrons. The highest BCUT2D eigenvalue weighted by molar-refractivity contribution is 5.91. The Kier molecular flexibility index (Phi) is 18.3. The normalized spacial score (nSPS) is 11.9. The zero-order valence-corrected chi connectivity index (χ0v) is 28.7. The van der Waals surface area contributed by atoms with Crippen LogP contribution in [0.15, 0.2) is 72.8 Å². The minimum Gasteiger partial charge on any atom is -0.423 e. The molecule has 1 atom stereocenters. The summed E-state index contributed by atoms with van der Waals surface area (Å²) in [6, 6.07) is 24.0. The summed E-state index contributed by atoms with van der Waals surface area (Å²) in [5.74, 6) is 0.237. The molecule has 3 heteroatoms. The first-order valence-corrected chi connectivity index (χ1v) is 18.2. The molecule has 0 aromatic heterocycles. The van der Waals surface area contributed by atoms with Crippen LogP contribution in [0.1, 0.15) is 158 Å². The Labute approximate surface area is 275 Å². The van der Waals surface area contributed by atoms with Crippen LogP contribution in [0.25, 0.3) is 11.1 Å². The van der Waals surface area contributed by atoms with E-state index in [0.717, 1.165) is 37.0 Å².